The molecule has 67 heavy (non-hydrogen) atoms. The van der Waals surface area contributed by atoms with E-state index in [-0.39, 0.29) is 28.4 Å². The number of hydrogen-bond donors (Lipinski definition) is 1. The molecule has 1 aliphatic rings. The number of rotatable bonds is 9. The zero-order chi connectivity index (χ0) is 45.9. The molecule has 1 N–H and O–H groups in total. The third-order valence-electron chi connectivity index (χ3n) is 13.4. The summed E-state index contributed by atoms with van der Waals surface area (Å²) in [7, 11) is 0. The summed E-state index contributed by atoms with van der Waals surface area (Å²) >= 11 is 0. The molecule has 0 fully saturated rings. The maximum Gasteiger partial charge on any atom is 0.149 e. The van der Waals surface area contributed by atoms with Gasteiger partial charge in [0.25, 0.3) is 0 Å². The predicted molar refractivity (Wildman–Crippen MR) is 262 cm³/mol. The molecule has 0 unspecified atom stereocenters. The molecular weight excluding hydrogens is 833 g/mol. The Balaban J connectivity index is 0.943. The van der Waals surface area contributed by atoms with Crippen molar-refractivity contribution in [3.05, 3.63) is 257 Å². The van der Waals surface area contributed by atoms with Gasteiger partial charge in [-0.05, 0) is 168 Å². The lowest BCUT2D eigenvalue weighted by molar-refractivity contribution is 0.457. The molecule has 322 valence electrons. The van der Waals surface area contributed by atoms with Crippen LogP contribution >= 0.6 is 0 Å². The molecule has 1 aliphatic carbocycles. The van der Waals surface area contributed by atoms with Gasteiger partial charge in [0.1, 0.15) is 52.0 Å². The van der Waals surface area contributed by atoms with Gasteiger partial charge in [-0.2, -0.15) is 5.26 Å². The second kappa shape index (κ2) is 16.2. The Labute approximate surface area is 387 Å². The first-order valence-electron chi connectivity index (χ1n) is 22.1. The molecule has 10 aromatic rings. The molecule has 0 atom stereocenters. The Bertz CT molecular complexity index is 3540. The SMILES string of the molecule is CC(C)(c1ccc(O)cc1)c1ccc(Oc2cccc(Oc3ccc4cc(C5(c6ccc7cc(-c8ccccc8)ccc7c6)c6cc(F)ccc6-c6ccc(F)cc65)ccc4c3)c2C#N)cc1. The lowest BCUT2D eigenvalue weighted by Crippen LogP contribution is -2.29. The minimum absolute atomic E-state index is 0.221. The van der Waals surface area contributed by atoms with Crippen molar-refractivity contribution in [2.45, 2.75) is 24.7 Å². The molecule has 10 aromatic carbocycles. The largest absolute Gasteiger partial charge is 0.508 e. The lowest BCUT2D eigenvalue weighted by atomic mass is 9.67. The van der Waals surface area contributed by atoms with Crippen molar-refractivity contribution < 1.29 is 23.4 Å². The topological polar surface area (TPSA) is 62.5 Å². The zero-order valence-electron chi connectivity index (χ0n) is 36.6. The normalized spacial score (nSPS) is 12.6. The summed E-state index contributed by atoms with van der Waals surface area (Å²) in [5.74, 6) is 1.27. The van der Waals surface area contributed by atoms with Crippen molar-refractivity contribution in [2.24, 2.45) is 0 Å². The van der Waals surface area contributed by atoms with E-state index in [0.29, 0.717) is 23.0 Å². The Hall–Kier alpha value is -8.53. The Morgan fingerprint density at radius 1 is 0.478 bits per heavy atom. The number of nitrogens with zero attached hydrogens (tertiary/aromatic N) is 1. The minimum atomic E-state index is -1.06. The molecule has 6 heteroatoms. The van der Waals surface area contributed by atoms with Crippen LogP contribution in [0.3, 0.4) is 0 Å². The highest BCUT2D eigenvalue weighted by molar-refractivity contribution is 5.93. The van der Waals surface area contributed by atoms with Crippen LogP contribution < -0.4 is 9.47 Å². The van der Waals surface area contributed by atoms with Gasteiger partial charge in [-0.3, -0.25) is 0 Å². The zero-order valence-corrected chi connectivity index (χ0v) is 36.6. The van der Waals surface area contributed by atoms with Gasteiger partial charge in [0.05, 0.1) is 5.41 Å². The highest BCUT2D eigenvalue weighted by Gasteiger charge is 2.47. The second-order valence-corrected chi connectivity index (χ2v) is 17.6. The van der Waals surface area contributed by atoms with Gasteiger partial charge >= 0.3 is 0 Å². The second-order valence-electron chi connectivity index (χ2n) is 17.6. The number of hydrogen-bond acceptors (Lipinski definition) is 4. The van der Waals surface area contributed by atoms with Gasteiger partial charge in [-0.1, -0.05) is 129 Å². The highest BCUT2D eigenvalue weighted by atomic mass is 19.1. The van der Waals surface area contributed by atoms with Gasteiger partial charge in [0.2, 0.25) is 0 Å². The maximum atomic E-state index is 15.6. The van der Waals surface area contributed by atoms with E-state index in [1.807, 2.05) is 84.9 Å². The Morgan fingerprint density at radius 3 is 1.58 bits per heavy atom. The Kier molecular flexibility index (Phi) is 9.94. The van der Waals surface area contributed by atoms with Gasteiger partial charge < -0.3 is 14.6 Å². The molecule has 0 aromatic heterocycles. The highest BCUT2D eigenvalue weighted by Crippen LogP contribution is 2.57. The molecule has 0 radical (unpaired) electrons. The van der Waals surface area contributed by atoms with Crippen LogP contribution in [0.4, 0.5) is 8.78 Å². The summed E-state index contributed by atoms with van der Waals surface area (Å²) in [6, 6.07) is 67.2. The summed E-state index contributed by atoms with van der Waals surface area (Å²) in [6.45, 7) is 4.25. The van der Waals surface area contributed by atoms with E-state index < -0.39 is 5.41 Å². The molecule has 4 nitrogen and oxygen atoms in total. The summed E-state index contributed by atoms with van der Waals surface area (Å²) in [5, 5.41) is 24.0. The summed E-state index contributed by atoms with van der Waals surface area (Å²) in [5.41, 5.74) is 8.16. The standard InChI is InChI=1S/C61H41F2NO3/c1-60(2,44-18-24-50(65)25-19-44)45-20-27-51(28-21-45)66-58-9-6-10-59(55(58)37-64)67-52-26-15-42-33-47(17-14-43(42)34-52)61(56-35-48(62)22-29-53(56)54-30-23-49(63)36-57(54)61)46-16-13-40-31-39(11-12-41(40)32-46)38-7-4-3-5-8-38/h3-36,65H,1-2H3. The van der Waals surface area contributed by atoms with Crippen molar-refractivity contribution >= 4 is 21.5 Å². The van der Waals surface area contributed by atoms with Crippen LogP contribution in [0.2, 0.25) is 0 Å². The smallest absolute Gasteiger partial charge is 0.149 e. The fourth-order valence-corrected chi connectivity index (χ4v) is 9.90. The average molecular weight is 874 g/mol. The number of halogens is 2. The van der Waals surface area contributed by atoms with E-state index in [2.05, 4.69) is 74.5 Å². The van der Waals surface area contributed by atoms with E-state index in [1.165, 1.54) is 12.1 Å². The van der Waals surface area contributed by atoms with Crippen molar-refractivity contribution in [3.8, 4) is 57.1 Å². The van der Waals surface area contributed by atoms with E-state index in [0.717, 1.165) is 77.2 Å². The fourth-order valence-electron chi connectivity index (χ4n) is 9.90. The molecule has 11 rings (SSSR count). The monoisotopic (exact) mass is 873 g/mol. The van der Waals surface area contributed by atoms with Gasteiger partial charge in [-0.25, -0.2) is 8.78 Å². The minimum Gasteiger partial charge on any atom is -0.508 e. The number of ether oxygens (including phenoxy) is 2. The van der Waals surface area contributed by atoms with Gasteiger partial charge in [0, 0.05) is 5.41 Å². The third-order valence-corrected chi connectivity index (χ3v) is 13.4. The lowest BCUT2D eigenvalue weighted by Gasteiger charge is -2.34. The molecule has 0 aliphatic heterocycles. The third kappa shape index (κ3) is 7.13. The van der Waals surface area contributed by atoms with Crippen molar-refractivity contribution in [3.63, 3.8) is 0 Å². The van der Waals surface area contributed by atoms with Crippen LogP contribution in [0, 0.1) is 23.0 Å². The van der Waals surface area contributed by atoms with Crippen LogP contribution in [-0.2, 0) is 10.8 Å². The summed E-state index contributed by atoms with van der Waals surface area (Å²) in [4.78, 5) is 0. The van der Waals surface area contributed by atoms with Gasteiger partial charge in [-0.15, -0.1) is 0 Å². The van der Waals surface area contributed by atoms with Crippen LogP contribution in [0.15, 0.2) is 206 Å². The molecule has 0 saturated heterocycles. The van der Waals surface area contributed by atoms with E-state index in [4.69, 9.17) is 9.47 Å². The quantitative estimate of drug-likeness (QED) is 0.157. The maximum absolute atomic E-state index is 15.6. The first-order valence-corrected chi connectivity index (χ1v) is 22.1. The number of phenols is 1. The van der Waals surface area contributed by atoms with Crippen molar-refractivity contribution in [1.29, 1.82) is 5.26 Å². The first kappa shape index (κ1) is 41.2. The van der Waals surface area contributed by atoms with Crippen LogP contribution in [0.5, 0.6) is 28.7 Å². The predicted octanol–water partition coefficient (Wildman–Crippen LogP) is 15.8. The van der Waals surface area contributed by atoms with Crippen LogP contribution in [0.1, 0.15) is 52.8 Å². The number of phenolic OH excluding ortho intramolecular Hbond substituents is 1. The summed E-state index contributed by atoms with van der Waals surface area (Å²) < 4.78 is 43.8. The first-order chi connectivity index (χ1) is 32.6. The molecule has 0 bridgehead atoms. The molecular formula is C61H41F2NO3. The Morgan fingerprint density at radius 2 is 0.985 bits per heavy atom. The van der Waals surface area contributed by atoms with E-state index in [9.17, 15) is 10.4 Å². The van der Waals surface area contributed by atoms with Crippen LogP contribution in [-0.4, -0.2) is 5.11 Å². The van der Waals surface area contributed by atoms with Crippen molar-refractivity contribution in [2.75, 3.05) is 0 Å². The van der Waals surface area contributed by atoms with E-state index in [1.54, 1.807) is 54.6 Å². The average Bonchev–Trinajstić information content (AvgIpc) is 3.63. The fraction of sp³-hybridized carbons (Fsp3) is 0.0656. The molecule has 0 heterocycles. The van der Waals surface area contributed by atoms with Crippen LogP contribution in [0.25, 0.3) is 43.8 Å². The van der Waals surface area contributed by atoms with Gasteiger partial charge in [0.15, 0.2) is 0 Å². The summed E-state index contributed by atoms with van der Waals surface area (Å²) in [6.07, 6.45) is 0. The van der Waals surface area contributed by atoms with E-state index >= 15 is 8.78 Å². The molecule has 0 spiro atoms. The number of benzene rings is 10. The number of fused-ring (bicyclic) bond motifs is 5. The van der Waals surface area contributed by atoms with Crippen molar-refractivity contribution in [1.82, 2.24) is 0 Å². The molecule has 0 saturated carbocycles. The molecule has 0 amide bonds. The number of aromatic hydroxyl groups is 1. The number of nitriles is 1.